The third-order valence-corrected chi connectivity index (χ3v) is 14.2. The van der Waals surface area contributed by atoms with Gasteiger partial charge in [0.15, 0.2) is 7.14 Å². The zero-order valence-electron chi connectivity index (χ0n) is 31.0. The predicted molar refractivity (Wildman–Crippen MR) is 235 cm³/mol. The Kier molecular flexibility index (Phi) is 8.17. The number of fused-ring (bicyclic) bond motifs is 6. The molecule has 56 heavy (non-hydrogen) atoms. The molecule has 0 unspecified atom stereocenters. The minimum absolute atomic E-state index is 0.754. The standard InChI is InChI=1S/C51H36N3OP/c1-33-46-41-28-26-37(43-25-15-16-30-52-43)31-44(41)53-50(35-17-7-3-8-18-35)48(46)34(2)47-42-29-27-40(32-45(42)54-51(49(33)47)36-19-9-4-10-20-36)56(55,38-21-11-5-12-22-38)39-23-13-6-14-24-39/h3-32H,1-2H3. The van der Waals surface area contributed by atoms with E-state index in [1.54, 1.807) is 0 Å². The Bertz CT molecular complexity index is 3110. The lowest BCUT2D eigenvalue weighted by Crippen LogP contribution is -2.25. The van der Waals surface area contributed by atoms with E-state index in [0.29, 0.717) is 0 Å². The lowest BCUT2D eigenvalue weighted by Gasteiger charge is -2.23. The van der Waals surface area contributed by atoms with Crippen LogP contribution >= 0.6 is 7.14 Å². The van der Waals surface area contributed by atoms with Gasteiger partial charge in [-0.3, -0.25) is 4.98 Å². The van der Waals surface area contributed by atoms with Gasteiger partial charge in [0, 0.05) is 60.3 Å². The van der Waals surface area contributed by atoms with E-state index in [0.717, 1.165) is 98.8 Å². The summed E-state index contributed by atoms with van der Waals surface area (Å²) < 4.78 is 15.6. The second kappa shape index (κ2) is 13.5. The highest BCUT2D eigenvalue weighted by molar-refractivity contribution is 7.85. The molecular formula is C51H36N3OP. The molecule has 3 aromatic heterocycles. The van der Waals surface area contributed by atoms with Crippen molar-refractivity contribution in [3.05, 3.63) is 193 Å². The SMILES string of the molecule is Cc1c2c(-c3ccccc3)nc3cc(P(=O)(c4ccccc4)c4ccccc4)ccc3c2c(C)c2c(-c3ccccc3)nc3cc(-c4ccccn4)ccc3c12. The van der Waals surface area contributed by atoms with Gasteiger partial charge in [-0.25, -0.2) is 9.97 Å². The second-order valence-electron chi connectivity index (χ2n) is 14.3. The zero-order chi connectivity index (χ0) is 37.8. The summed E-state index contributed by atoms with van der Waals surface area (Å²) >= 11 is 0. The van der Waals surface area contributed by atoms with Crippen molar-refractivity contribution in [1.29, 1.82) is 0 Å². The molecule has 266 valence electrons. The number of hydrogen-bond donors (Lipinski definition) is 0. The van der Waals surface area contributed by atoms with Crippen molar-refractivity contribution in [1.82, 2.24) is 15.0 Å². The molecule has 0 N–H and O–H groups in total. The molecule has 0 aliphatic carbocycles. The summed E-state index contributed by atoms with van der Waals surface area (Å²) in [5.41, 5.74) is 9.86. The van der Waals surface area contributed by atoms with Crippen molar-refractivity contribution in [3.8, 4) is 33.8 Å². The fourth-order valence-corrected chi connectivity index (χ4v) is 11.2. The quantitative estimate of drug-likeness (QED) is 0.0969. The highest BCUT2D eigenvalue weighted by atomic mass is 31.2. The van der Waals surface area contributed by atoms with E-state index in [9.17, 15) is 0 Å². The fraction of sp³-hybridized carbons (Fsp3) is 0.0392. The molecule has 0 atom stereocenters. The Labute approximate surface area is 325 Å². The van der Waals surface area contributed by atoms with Gasteiger partial charge in [-0.05, 0) is 60.0 Å². The van der Waals surface area contributed by atoms with Gasteiger partial charge in [0.05, 0.1) is 28.1 Å². The summed E-state index contributed by atoms with van der Waals surface area (Å²) in [5.74, 6) is 0. The topological polar surface area (TPSA) is 55.7 Å². The molecule has 0 bridgehead atoms. The second-order valence-corrected chi connectivity index (χ2v) is 17.1. The summed E-state index contributed by atoms with van der Waals surface area (Å²) in [6.07, 6.45) is 1.83. The molecule has 0 saturated carbocycles. The van der Waals surface area contributed by atoms with Crippen molar-refractivity contribution in [2.45, 2.75) is 13.8 Å². The van der Waals surface area contributed by atoms with Crippen LogP contribution in [0.25, 0.3) is 77.1 Å². The van der Waals surface area contributed by atoms with Crippen LogP contribution in [0.4, 0.5) is 0 Å². The molecule has 0 amide bonds. The van der Waals surface area contributed by atoms with E-state index in [2.05, 4.69) is 104 Å². The average Bonchev–Trinajstić information content (AvgIpc) is 3.27. The number of nitrogens with zero attached hydrogens (tertiary/aromatic N) is 3. The third-order valence-electron chi connectivity index (χ3n) is 11.1. The first-order valence-corrected chi connectivity index (χ1v) is 20.6. The molecule has 0 fully saturated rings. The van der Waals surface area contributed by atoms with Crippen LogP contribution in [-0.2, 0) is 4.57 Å². The molecule has 0 aliphatic heterocycles. The zero-order valence-corrected chi connectivity index (χ0v) is 31.9. The lowest BCUT2D eigenvalue weighted by atomic mass is 9.85. The number of hydrogen-bond acceptors (Lipinski definition) is 4. The van der Waals surface area contributed by atoms with Crippen LogP contribution < -0.4 is 15.9 Å². The molecule has 4 nitrogen and oxygen atoms in total. The summed E-state index contributed by atoms with van der Waals surface area (Å²) in [5, 5.41) is 8.97. The molecule has 0 aliphatic rings. The van der Waals surface area contributed by atoms with Gasteiger partial charge in [0.2, 0.25) is 0 Å². The summed E-state index contributed by atoms with van der Waals surface area (Å²) in [7, 11) is -3.25. The Morgan fingerprint density at radius 2 is 0.875 bits per heavy atom. The first-order chi connectivity index (χ1) is 27.5. The van der Waals surface area contributed by atoms with Crippen molar-refractivity contribution in [3.63, 3.8) is 0 Å². The minimum Gasteiger partial charge on any atom is -0.309 e. The highest BCUT2D eigenvalue weighted by Crippen LogP contribution is 2.47. The highest BCUT2D eigenvalue weighted by Gasteiger charge is 2.31. The molecule has 0 spiro atoms. The Morgan fingerprint density at radius 1 is 0.411 bits per heavy atom. The van der Waals surface area contributed by atoms with Gasteiger partial charge in [-0.15, -0.1) is 0 Å². The van der Waals surface area contributed by atoms with Crippen LogP contribution in [0.5, 0.6) is 0 Å². The monoisotopic (exact) mass is 737 g/mol. The Morgan fingerprint density at radius 3 is 1.38 bits per heavy atom. The predicted octanol–water partition coefficient (Wildman–Crippen LogP) is 11.7. The van der Waals surface area contributed by atoms with Crippen LogP contribution in [0.3, 0.4) is 0 Å². The molecule has 10 rings (SSSR count). The molecule has 10 aromatic rings. The normalized spacial score (nSPS) is 11.8. The van der Waals surface area contributed by atoms with E-state index >= 15 is 4.57 Å². The summed E-state index contributed by atoms with van der Waals surface area (Å²) in [6, 6.07) is 59.4. The Balaban J connectivity index is 1.34. The van der Waals surface area contributed by atoms with E-state index in [-0.39, 0.29) is 0 Å². The van der Waals surface area contributed by atoms with E-state index in [4.69, 9.17) is 9.97 Å². The molecule has 0 radical (unpaired) electrons. The minimum atomic E-state index is -3.25. The maximum absolute atomic E-state index is 15.6. The van der Waals surface area contributed by atoms with Crippen molar-refractivity contribution < 1.29 is 4.57 Å². The largest absolute Gasteiger partial charge is 0.309 e. The fourth-order valence-electron chi connectivity index (χ4n) is 8.50. The van der Waals surface area contributed by atoms with Crippen LogP contribution in [0.15, 0.2) is 182 Å². The molecule has 3 heterocycles. The number of pyridine rings is 3. The van der Waals surface area contributed by atoms with Gasteiger partial charge < -0.3 is 4.57 Å². The summed E-state index contributed by atoms with van der Waals surface area (Å²) in [4.78, 5) is 15.6. The van der Waals surface area contributed by atoms with Crippen LogP contribution in [0.1, 0.15) is 11.1 Å². The van der Waals surface area contributed by atoms with E-state index < -0.39 is 7.14 Å². The van der Waals surface area contributed by atoms with Gasteiger partial charge >= 0.3 is 0 Å². The van der Waals surface area contributed by atoms with Crippen LogP contribution in [-0.4, -0.2) is 15.0 Å². The van der Waals surface area contributed by atoms with Crippen molar-refractivity contribution in [2.24, 2.45) is 0 Å². The van der Waals surface area contributed by atoms with Crippen molar-refractivity contribution in [2.75, 3.05) is 0 Å². The number of aromatic nitrogens is 3. The molecule has 7 aromatic carbocycles. The average molecular weight is 738 g/mol. The lowest BCUT2D eigenvalue weighted by molar-refractivity contribution is 0.592. The van der Waals surface area contributed by atoms with Crippen LogP contribution in [0, 0.1) is 13.8 Å². The summed E-state index contributed by atoms with van der Waals surface area (Å²) in [6.45, 7) is 4.46. The number of rotatable bonds is 6. The maximum atomic E-state index is 15.6. The third kappa shape index (κ3) is 5.37. The smallest absolute Gasteiger partial charge is 0.171 e. The van der Waals surface area contributed by atoms with E-state index in [1.807, 2.05) is 97.2 Å². The first-order valence-electron chi connectivity index (χ1n) is 18.9. The maximum Gasteiger partial charge on any atom is 0.171 e. The van der Waals surface area contributed by atoms with Gasteiger partial charge in [0.25, 0.3) is 0 Å². The number of aryl methyl sites for hydroxylation is 2. The molecule has 0 saturated heterocycles. The Hall–Kier alpha value is -6.74. The van der Waals surface area contributed by atoms with Gasteiger partial charge in [-0.1, -0.05) is 152 Å². The number of benzene rings is 7. The van der Waals surface area contributed by atoms with Gasteiger partial charge in [0.1, 0.15) is 0 Å². The molecular weight excluding hydrogens is 702 g/mol. The molecule has 5 heteroatoms. The first kappa shape index (κ1) is 33.8. The van der Waals surface area contributed by atoms with Gasteiger partial charge in [-0.2, -0.15) is 0 Å². The van der Waals surface area contributed by atoms with Crippen LogP contribution in [0.2, 0.25) is 0 Å². The van der Waals surface area contributed by atoms with Crippen molar-refractivity contribution >= 4 is 66.4 Å². The van der Waals surface area contributed by atoms with E-state index in [1.165, 1.54) is 5.39 Å².